The highest BCUT2D eigenvalue weighted by molar-refractivity contribution is 8.00. The highest BCUT2D eigenvalue weighted by Gasteiger charge is 2.01. The van der Waals surface area contributed by atoms with Crippen LogP contribution in [0.2, 0.25) is 0 Å². The molecule has 0 saturated carbocycles. The molecule has 0 atom stereocenters. The van der Waals surface area contributed by atoms with Crippen LogP contribution in [0.15, 0.2) is 24.3 Å². The number of nitriles is 1. The molecule has 0 aliphatic heterocycles. The first-order valence-corrected chi connectivity index (χ1v) is 5.69. The summed E-state index contributed by atoms with van der Waals surface area (Å²) >= 11 is 1.31. The number of benzene rings is 1. The van der Waals surface area contributed by atoms with E-state index in [1.54, 1.807) is 0 Å². The van der Waals surface area contributed by atoms with E-state index in [0.29, 0.717) is 11.5 Å². The fourth-order valence-corrected chi connectivity index (χ4v) is 1.56. The average molecular weight is 220 g/mol. The van der Waals surface area contributed by atoms with E-state index in [1.165, 1.54) is 11.8 Å². The van der Waals surface area contributed by atoms with Gasteiger partial charge in [-0.2, -0.15) is 5.26 Å². The van der Waals surface area contributed by atoms with Gasteiger partial charge in [0.05, 0.1) is 17.6 Å². The zero-order chi connectivity index (χ0) is 11.1. The highest BCUT2D eigenvalue weighted by Crippen LogP contribution is 2.10. The van der Waals surface area contributed by atoms with Crippen LogP contribution >= 0.6 is 11.8 Å². The van der Waals surface area contributed by atoms with Crippen molar-refractivity contribution in [3.05, 3.63) is 29.8 Å². The summed E-state index contributed by atoms with van der Waals surface area (Å²) in [5, 5.41) is 11.1. The Morgan fingerprint density at radius 2 is 2.40 bits per heavy atom. The summed E-state index contributed by atoms with van der Waals surface area (Å²) < 4.78 is 0. The summed E-state index contributed by atoms with van der Waals surface area (Å²) in [6.45, 7) is 1.97. The van der Waals surface area contributed by atoms with Gasteiger partial charge in [-0.05, 0) is 24.6 Å². The summed E-state index contributed by atoms with van der Waals surface area (Å²) in [6.07, 6.45) is 0. The van der Waals surface area contributed by atoms with E-state index >= 15 is 0 Å². The number of amides is 1. The zero-order valence-electron chi connectivity index (χ0n) is 8.49. The van der Waals surface area contributed by atoms with Crippen molar-refractivity contribution < 1.29 is 4.79 Å². The van der Waals surface area contributed by atoms with Crippen LogP contribution in [0.5, 0.6) is 0 Å². The van der Waals surface area contributed by atoms with Gasteiger partial charge in [0.15, 0.2) is 0 Å². The molecular weight excluding hydrogens is 208 g/mol. The summed E-state index contributed by atoms with van der Waals surface area (Å²) in [5.74, 6) is 0.601. The van der Waals surface area contributed by atoms with Crippen molar-refractivity contribution >= 4 is 23.4 Å². The zero-order valence-corrected chi connectivity index (χ0v) is 9.30. The van der Waals surface area contributed by atoms with E-state index in [2.05, 4.69) is 5.32 Å². The Morgan fingerprint density at radius 1 is 1.60 bits per heavy atom. The predicted molar refractivity (Wildman–Crippen MR) is 62.7 cm³/mol. The molecule has 1 amide bonds. The predicted octanol–water partition coefficient (Wildman–Crippen LogP) is 2.19. The van der Waals surface area contributed by atoms with Crippen LogP contribution in [0.25, 0.3) is 0 Å². The Hall–Kier alpha value is -1.47. The fraction of sp³-hybridized carbons (Fsp3) is 0.273. The normalized spacial score (nSPS) is 9.33. The van der Waals surface area contributed by atoms with Crippen LogP contribution in [0.3, 0.4) is 0 Å². The molecule has 1 N–H and O–H groups in total. The quantitative estimate of drug-likeness (QED) is 0.791. The van der Waals surface area contributed by atoms with Crippen molar-refractivity contribution in [2.45, 2.75) is 6.92 Å². The fourth-order valence-electron chi connectivity index (χ4n) is 1.11. The van der Waals surface area contributed by atoms with Crippen LogP contribution in [0.4, 0.5) is 5.69 Å². The van der Waals surface area contributed by atoms with Crippen LogP contribution < -0.4 is 5.32 Å². The molecular formula is C11H12N2OS. The largest absolute Gasteiger partial charge is 0.325 e. The summed E-state index contributed by atoms with van der Waals surface area (Å²) in [5.41, 5.74) is 1.91. The Bertz CT molecular complexity index is 384. The molecule has 0 aliphatic carbocycles. The Morgan fingerprint density at radius 3 is 3.07 bits per heavy atom. The van der Waals surface area contributed by atoms with Gasteiger partial charge in [-0.3, -0.25) is 4.79 Å². The van der Waals surface area contributed by atoms with Gasteiger partial charge < -0.3 is 5.32 Å². The van der Waals surface area contributed by atoms with Gasteiger partial charge in [-0.1, -0.05) is 12.1 Å². The molecule has 4 heteroatoms. The van der Waals surface area contributed by atoms with Crippen molar-refractivity contribution in [1.82, 2.24) is 0 Å². The van der Waals surface area contributed by atoms with E-state index in [1.807, 2.05) is 37.3 Å². The smallest absolute Gasteiger partial charge is 0.234 e. The molecule has 0 bridgehead atoms. The van der Waals surface area contributed by atoms with E-state index in [0.717, 1.165) is 11.3 Å². The van der Waals surface area contributed by atoms with Crippen LogP contribution in [-0.4, -0.2) is 17.4 Å². The molecule has 3 nitrogen and oxygen atoms in total. The highest BCUT2D eigenvalue weighted by atomic mass is 32.2. The third-order valence-electron chi connectivity index (χ3n) is 1.70. The van der Waals surface area contributed by atoms with Gasteiger partial charge in [0.1, 0.15) is 0 Å². The number of rotatable bonds is 4. The van der Waals surface area contributed by atoms with Crippen LogP contribution in [0, 0.1) is 18.3 Å². The van der Waals surface area contributed by atoms with Crippen LogP contribution in [-0.2, 0) is 4.79 Å². The van der Waals surface area contributed by atoms with Crippen molar-refractivity contribution in [1.29, 1.82) is 5.26 Å². The number of anilines is 1. The molecule has 0 spiro atoms. The molecule has 15 heavy (non-hydrogen) atoms. The summed E-state index contributed by atoms with van der Waals surface area (Å²) in [7, 11) is 0. The minimum atomic E-state index is -0.0687. The molecule has 0 saturated heterocycles. The molecule has 1 aromatic rings. The molecule has 0 aliphatic rings. The van der Waals surface area contributed by atoms with Gasteiger partial charge in [0.2, 0.25) is 5.91 Å². The van der Waals surface area contributed by atoms with Crippen molar-refractivity contribution in [3.8, 4) is 6.07 Å². The van der Waals surface area contributed by atoms with Crippen LogP contribution in [0.1, 0.15) is 5.56 Å². The number of hydrogen-bond donors (Lipinski definition) is 1. The second-order valence-corrected chi connectivity index (χ2v) is 4.05. The second-order valence-electron chi connectivity index (χ2n) is 3.07. The molecule has 78 valence electrons. The summed E-state index contributed by atoms with van der Waals surface area (Å²) in [4.78, 5) is 11.4. The number of nitrogens with one attached hydrogen (secondary N) is 1. The van der Waals surface area contributed by atoms with E-state index in [-0.39, 0.29) is 5.91 Å². The lowest BCUT2D eigenvalue weighted by Crippen LogP contribution is -2.14. The number of carbonyl (C=O) groups excluding carboxylic acids is 1. The monoisotopic (exact) mass is 220 g/mol. The first-order chi connectivity index (χ1) is 7.22. The maximum atomic E-state index is 11.4. The average Bonchev–Trinajstić information content (AvgIpc) is 2.18. The van der Waals surface area contributed by atoms with E-state index < -0.39 is 0 Å². The lowest BCUT2D eigenvalue weighted by atomic mass is 10.2. The van der Waals surface area contributed by atoms with E-state index in [4.69, 9.17) is 5.26 Å². The standard InChI is InChI=1S/C11H12N2OS/c1-9-3-2-4-10(7-9)13-11(14)8-15-6-5-12/h2-4,7H,6,8H2,1H3,(H,13,14). The maximum absolute atomic E-state index is 11.4. The second kappa shape index (κ2) is 6.10. The Kier molecular flexibility index (Phi) is 4.72. The lowest BCUT2D eigenvalue weighted by molar-refractivity contribution is -0.113. The lowest BCUT2D eigenvalue weighted by Gasteiger charge is -2.04. The van der Waals surface area contributed by atoms with Crippen molar-refractivity contribution in [2.75, 3.05) is 16.8 Å². The van der Waals surface area contributed by atoms with Gasteiger partial charge in [-0.25, -0.2) is 0 Å². The van der Waals surface area contributed by atoms with Gasteiger partial charge in [0.25, 0.3) is 0 Å². The van der Waals surface area contributed by atoms with Gasteiger partial charge in [0, 0.05) is 5.69 Å². The minimum absolute atomic E-state index is 0.0687. The third kappa shape index (κ3) is 4.52. The molecule has 0 aromatic heterocycles. The van der Waals surface area contributed by atoms with Crippen molar-refractivity contribution in [3.63, 3.8) is 0 Å². The number of hydrogen-bond acceptors (Lipinski definition) is 3. The number of thioether (sulfide) groups is 1. The number of carbonyl (C=O) groups is 1. The molecule has 1 aromatic carbocycles. The topological polar surface area (TPSA) is 52.9 Å². The van der Waals surface area contributed by atoms with Crippen molar-refractivity contribution in [2.24, 2.45) is 0 Å². The SMILES string of the molecule is Cc1cccc(NC(=O)CSCC#N)c1. The minimum Gasteiger partial charge on any atom is -0.325 e. The number of aryl methyl sites for hydroxylation is 1. The Balaban J connectivity index is 2.42. The molecule has 1 rings (SSSR count). The number of nitrogens with zero attached hydrogens (tertiary/aromatic N) is 1. The van der Waals surface area contributed by atoms with E-state index in [9.17, 15) is 4.79 Å². The molecule has 0 heterocycles. The van der Waals surface area contributed by atoms with Gasteiger partial charge >= 0.3 is 0 Å². The summed E-state index contributed by atoms with van der Waals surface area (Å²) in [6, 6.07) is 9.60. The third-order valence-corrected chi connectivity index (χ3v) is 2.50. The molecule has 0 radical (unpaired) electrons. The first-order valence-electron chi connectivity index (χ1n) is 4.53. The Labute approximate surface area is 93.5 Å². The molecule has 0 unspecified atom stereocenters. The first kappa shape index (κ1) is 11.6. The van der Waals surface area contributed by atoms with Gasteiger partial charge in [-0.15, -0.1) is 11.8 Å². The molecule has 0 fully saturated rings. The maximum Gasteiger partial charge on any atom is 0.234 e.